The molecule has 0 bridgehead atoms. The minimum absolute atomic E-state index is 0.0548. The van der Waals surface area contributed by atoms with Gasteiger partial charge in [-0.05, 0) is 49.9 Å². The van der Waals surface area contributed by atoms with E-state index in [2.05, 4.69) is 16.0 Å². The molecule has 1 rings (SSSR count). The maximum Gasteiger partial charge on any atom is 0.326 e. The summed E-state index contributed by atoms with van der Waals surface area (Å²) in [6.45, 7) is 5.22. The number of carbonyl (C=O) groups is 4. The van der Waals surface area contributed by atoms with Crippen LogP contribution in [0.15, 0.2) is 24.3 Å². The van der Waals surface area contributed by atoms with Gasteiger partial charge < -0.3 is 37.6 Å². The number of phenolic OH excluding ortho intramolecular Hbond substituents is 1. The fraction of sp³-hybridized carbons (Fsp3) is 0.565. The van der Waals surface area contributed by atoms with Crippen LogP contribution in [0.25, 0.3) is 0 Å². The fourth-order valence-electron chi connectivity index (χ4n) is 3.17. The third-order valence-corrected chi connectivity index (χ3v) is 5.30. The third-order valence-electron chi connectivity index (χ3n) is 5.30. The molecule has 0 saturated carbocycles. The largest absolute Gasteiger partial charge is 0.508 e. The van der Waals surface area contributed by atoms with E-state index in [9.17, 15) is 29.4 Å². The van der Waals surface area contributed by atoms with Crippen LogP contribution in [0.5, 0.6) is 5.75 Å². The van der Waals surface area contributed by atoms with E-state index >= 15 is 0 Å². The van der Waals surface area contributed by atoms with Gasteiger partial charge in [0.2, 0.25) is 17.7 Å². The molecule has 0 saturated heterocycles. The molecule has 11 nitrogen and oxygen atoms in total. The van der Waals surface area contributed by atoms with Gasteiger partial charge >= 0.3 is 5.97 Å². The van der Waals surface area contributed by atoms with Crippen LogP contribution in [0, 0.1) is 5.92 Å². The number of nitrogens with two attached hydrogens (primary N) is 2. The lowest BCUT2D eigenvalue weighted by Gasteiger charge is -2.24. The molecule has 0 radical (unpaired) electrons. The van der Waals surface area contributed by atoms with Crippen LogP contribution in [0.2, 0.25) is 0 Å². The van der Waals surface area contributed by atoms with E-state index in [1.807, 2.05) is 0 Å². The molecule has 1 aromatic rings. The topological polar surface area (TPSA) is 197 Å². The summed E-state index contributed by atoms with van der Waals surface area (Å²) in [6, 6.07) is 2.10. The summed E-state index contributed by atoms with van der Waals surface area (Å²) in [4.78, 5) is 49.4. The van der Waals surface area contributed by atoms with Crippen molar-refractivity contribution in [1.29, 1.82) is 0 Å². The molecule has 9 N–H and O–H groups in total. The van der Waals surface area contributed by atoms with Crippen LogP contribution in [0.4, 0.5) is 0 Å². The molecule has 4 atom stereocenters. The Hall–Kier alpha value is -3.18. The quantitative estimate of drug-likeness (QED) is 0.175. The Morgan fingerprint density at radius 3 is 2.06 bits per heavy atom. The van der Waals surface area contributed by atoms with Crippen molar-refractivity contribution in [2.75, 3.05) is 6.54 Å². The smallest absolute Gasteiger partial charge is 0.326 e. The number of aromatic hydroxyl groups is 1. The van der Waals surface area contributed by atoms with Crippen molar-refractivity contribution in [2.24, 2.45) is 17.4 Å². The van der Waals surface area contributed by atoms with Crippen molar-refractivity contribution >= 4 is 23.7 Å². The van der Waals surface area contributed by atoms with Crippen molar-refractivity contribution in [3.05, 3.63) is 29.8 Å². The van der Waals surface area contributed by atoms with E-state index in [4.69, 9.17) is 11.5 Å². The van der Waals surface area contributed by atoms with Gasteiger partial charge in [-0.3, -0.25) is 14.4 Å². The molecular weight excluding hydrogens is 442 g/mol. The number of rotatable bonds is 14. The van der Waals surface area contributed by atoms with Crippen LogP contribution in [0.1, 0.15) is 45.6 Å². The summed E-state index contributed by atoms with van der Waals surface area (Å²) >= 11 is 0. The number of nitrogens with one attached hydrogen (secondary N) is 3. The first-order valence-electron chi connectivity index (χ1n) is 11.3. The zero-order chi connectivity index (χ0) is 25.8. The second-order valence-corrected chi connectivity index (χ2v) is 8.62. The second-order valence-electron chi connectivity index (χ2n) is 8.62. The van der Waals surface area contributed by atoms with Gasteiger partial charge in [0.1, 0.15) is 23.9 Å². The molecule has 11 heteroatoms. The Kier molecular flexibility index (Phi) is 12.0. The van der Waals surface area contributed by atoms with E-state index < -0.39 is 47.9 Å². The van der Waals surface area contributed by atoms with Gasteiger partial charge in [-0.25, -0.2) is 4.79 Å². The van der Waals surface area contributed by atoms with E-state index in [1.165, 1.54) is 19.1 Å². The summed E-state index contributed by atoms with van der Waals surface area (Å²) < 4.78 is 0. The maximum atomic E-state index is 13.0. The maximum absolute atomic E-state index is 13.0. The van der Waals surface area contributed by atoms with Gasteiger partial charge in [0.25, 0.3) is 0 Å². The molecule has 0 aliphatic rings. The number of carboxylic acid groups (broad SMARTS) is 1. The summed E-state index contributed by atoms with van der Waals surface area (Å²) in [7, 11) is 0. The summed E-state index contributed by atoms with van der Waals surface area (Å²) in [5.74, 6) is -3.29. The highest BCUT2D eigenvalue weighted by molar-refractivity contribution is 5.94. The predicted molar refractivity (Wildman–Crippen MR) is 127 cm³/mol. The molecular formula is C23H37N5O6. The summed E-state index contributed by atoms with van der Waals surface area (Å²) in [5, 5.41) is 26.3. The molecule has 0 fully saturated rings. The van der Waals surface area contributed by atoms with E-state index in [0.717, 1.165) is 6.42 Å². The Bertz CT molecular complexity index is 830. The molecule has 4 unspecified atom stereocenters. The number of amides is 3. The Morgan fingerprint density at radius 2 is 1.53 bits per heavy atom. The van der Waals surface area contributed by atoms with Gasteiger partial charge in [-0.15, -0.1) is 0 Å². The monoisotopic (exact) mass is 479 g/mol. The number of benzene rings is 1. The number of carboxylic acids is 1. The predicted octanol–water partition coefficient (Wildman–Crippen LogP) is -0.394. The molecule has 34 heavy (non-hydrogen) atoms. The minimum Gasteiger partial charge on any atom is -0.508 e. The summed E-state index contributed by atoms with van der Waals surface area (Å²) in [6.07, 6.45) is 1.88. The van der Waals surface area contributed by atoms with Crippen LogP contribution < -0.4 is 27.4 Å². The third kappa shape index (κ3) is 9.75. The lowest BCUT2D eigenvalue weighted by molar-refractivity contribution is -0.143. The Balaban J connectivity index is 2.91. The number of aliphatic carboxylic acids is 1. The molecule has 0 heterocycles. The van der Waals surface area contributed by atoms with Crippen LogP contribution in [0.3, 0.4) is 0 Å². The van der Waals surface area contributed by atoms with Gasteiger partial charge in [-0.1, -0.05) is 32.4 Å². The molecule has 1 aromatic carbocycles. The standard InChI is InChI=1S/C23H37N5O6/c1-13(2)19(23(33)34)28-20(30)14(3)26-22(32)18(12-15-7-9-16(29)10-8-15)27-21(31)17(25)6-4-5-11-24/h7-10,13-14,17-19,29H,4-6,11-12,24-25H2,1-3H3,(H,26,32)(H,27,31)(H,28,30)(H,33,34). The molecule has 0 spiro atoms. The van der Waals surface area contributed by atoms with Crippen LogP contribution >= 0.6 is 0 Å². The van der Waals surface area contributed by atoms with Crippen LogP contribution in [-0.2, 0) is 25.6 Å². The highest BCUT2D eigenvalue weighted by Gasteiger charge is 2.29. The molecule has 0 aromatic heterocycles. The highest BCUT2D eigenvalue weighted by Crippen LogP contribution is 2.12. The molecule has 0 aliphatic heterocycles. The molecule has 3 amide bonds. The lowest BCUT2D eigenvalue weighted by atomic mass is 10.0. The van der Waals surface area contributed by atoms with Gasteiger partial charge in [0.15, 0.2) is 0 Å². The highest BCUT2D eigenvalue weighted by atomic mass is 16.4. The van der Waals surface area contributed by atoms with Crippen molar-refractivity contribution in [3.63, 3.8) is 0 Å². The number of hydrogen-bond acceptors (Lipinski definition) is 7. The van der Waals surface area contributed by atoms with Gasteiger partial charge in [0.05, 0.1) is 6.04 Å². The van der Waals surface area contributed by atoms with Gasteiger partial charge in [0, 0.05) is 6.42 Å². The van der Waals surface area contributed by atoms with E-state index in [-0.39, 0.29) is 18.1 Å². The van der Waals surface area contributed by atoms with Crippen molar-refractivity contribution in [3.8, 4) is 5.75 Å². The van der Waals surface area contributed by atoms with Crippen LogP contribution in [-0.4, -0.2) is 64.6 Å². The van der Waals surface area contributed by atoms with Crippen molar-refractivity contribution in [1.82, 2.24) is 16.0 Å². The number of phenols is 1. The molecule has 190 valence electrons. The van der Waals surface area contributed by atoms with E-state index in [0.29, 0.717) is 24.9 Å². The first-order chi connectivity index (χ1) is 16.0. The Morgan fingerprint density at radius 1 is 0.912 bits per heavy atom. The second kappa shape index (κ2) is 14.2. The van der Waals surface area contributed by atoms with Gasteiger partial charge in [-0.2, -0.15) is 0 Å². The van der Waals surface area contributed by atoms with E-state index in [1.54, 1.807) is 26.0 Å². The number of hydrogen-bond donors (Lipinski definition) is 7. The van der Waals surface area contributed by atoms with Crippen molar-refractivity contribution < 1.29 is 29.4 Å². The first-order valence-corrected chi connectivity index (χ1v) is 11.3. The van der Waals surface area contributed by atoms with Crippen molar-refractivity contribution in [2.45, 2.75) is 70.6 Å². The fourth-order valence-corrected chi connectivity index (χ4v) is 3.17. The number of carbonyl (C=O) groups excluding carboxylic acids is 3. The zero-order valence-corrected chi connectivity index (χ0v) is 19.9. The number of unbranched alkanes of at least 4 members (excludes halogenated alkanes) is 1. The summed E-state index contributed by atoms with van der Waals surface area (Å²) in [5.41, 5.74) is 12.1. The average Bonchev–Trinajstić information content (AvgIpc) is 2.77. The minimum atomic E-state index is -1.18. The lowest BCUT2D eigenvalue weighted by Crippen LogP contribution is -2.57. The first kappa shape index (κ1) is 28.9. The zero-order valence-electron chi connectivity index (χ0n) is 19.9. The molecule has 0 aliphatic carbocycles. The Labute approximate surface area is 199 Å². The average molecular weight is 480 g/mol. The SMILES string of the molecule is CC(NC(=O)C(Cc1ccc(O)cc1)NC(=O)C(N)CCCCN)C(=O)NC(C(=O)O)C(C)C. The normalized spacial score (nSPS) is 14.5.